The third-order valence-electron chi connectivity index (χ3n) is 2.45. The second kappa shape index (κ2) is 5.87. The molecule has 0 amide bonds. The zero-order chi connectivity index (χ0) is 13.0. The molecular formula is C10H16N6OS. The van der Waals surface area contributed by atoms with Crippen LogP contribution in [0.25, 0.3) is 0 Å². The van der Waals surface area contributed by atoms with Crippen molar-refractivity contribution >= 4 is 16.5 Å². The Labute approximate surface area is 109 Å². The molecule has 0 radical (unpaired) electrons. The van der Waals surface area contributed by atoms with Crippen LogP contribution in [0, 0.1) is 6.92 Å². The average molecular weight is 268 g/mol. The van der Waals surface area contributed by atoms with Crippen molar-refractivity contribution in [3.63, 3.8) is 0 Å². The van der Waals surface area contributed by atoms with Gasteiger partial charge in [-0.2, -0.15) is 0 Å². The molecule has 0 bridgehead atoms. The number of hydrogen-bond acceptors (Lipinski definition) is 7. The first-order valence-electron chi connectivity index (χ1n) is 5.57. The SMILES string of the molecule is COCCn1cnnc1CN(C)c1nnc(C)s1. The maximum Gasteiger partial charge on any atom is 0.208 e. The van der Waals surface area contributed by atoms with Gasteiger partial charge in [-0.3, -0.25) is 0 Å². The van der Waals surface area contributed by atoms with Gasteiger partial charge in [-0.1, -0.05) is 11.3 Å². The minimum absolute atomic E-state index is 0.646. The average Bonchev–Trinajstić information content (AvgIpc) is 2.96. The molecule has 0 N–H and O–H groups in total. The normalized spacial score (nSPS) is 10.8. The summed E-state index contributed by atoms with van der Waals surface area (Å²) in [6.07, 6.45) is 1.72. The summed E-state index contributed by atoms with van der Waals surface area (Å²) in [4.78, 5) is 2.01. The second-order valence-corrected chi connectivity index (χ2v) is 5.05. The van der Waals surface area contributed by atoms with Crippen molar-refractivity contribution < 1.29 is 4.74 Å². The van der Waals surface area contributed by atoms with E-state index in [9.17, 15) is 0 Å². The molecule has 0 aliphatic heterocycles. The minimum Gasteiger partial charge on any atom is -0.383 e. The van der Waals surface area contributed by atoms with Crippen molar-refractivity contribution in [3.8, 4) is 0 Å². The van der Waals surface area contributed by atoms with E-state index in [1.54, 1.807) is 24.8 Å². The molecule has 2 aromatic heterocycles. The number of ether oxygens (including phenoxy) is 1. The van der Waals surface area contributed by atoms with Gasteiger partial charge in [0.1, 0.15) is 11.3 Å². The summed E-state index contributed by atoms with van der Waals surface area (Å²) in [7, 11) is 3.65. The zero-order valence-electron chi connectivity index (χ0n) is 10.7. The van der Waals surface area contributed by atoms with Crippen molar-refractivity contribution in [1.82, 2.24) is 25.0 Å². The van der Waals surface area contributed by atoms with Crippen LogP contribution < -0.4 is 4.90 Å². The van der Waals surface area contributed by atoms with Gasteiger partial charge >= 0.3 is 0 Å². The molecule has 8 heteroatoms. The molecule has 0 atom stereocenters. The van der Waals surface area contributed by atoms with Gasteiger partial charge in [-0.15, -0.1) is 20.4 Å². The van der Waals surface area contributed by atoms with Gasteiger partial charge in [0.25, 0.3) is 0 Å². The number of nitrogens with zero attached hydrogens (tertiary/aromatic N) is 6. The number of hydrogen-bond donors (Lipinski definition) is 0. The fourth-order valence-corrected chi connectivity index (χ4v) is 2.15. The molecule has 98 valence electrons. The lowest BCUT2D eigenvalue weighted by molar-refractivity contribution is 0.186. The Morgan fingerprint density at radius 3 is 2.89 bits per heavy atom. The second-order valence-electron chi connectivity index (χ2n) is 3.89. The molecule has 0 aromatic carbocycles. The van der Waals surface area contributed by atoms with Gasteiger partial charge < -0.3 is 14.2 Å². The molecular weight excluding hydrogens is 252 g/mol. The van der Waals surface area contributed by atoms with Crippen molar-refractivity contribution in [2.75, 3.05) is 25.7 Å². The number of rotatable bonds is 6. The largest absolute Gasteiger partial charge is 0.383 e. The van der Waals surface area contributed by atoms with Crippen LogP contribution >= 0.6 is 11.3 Å². The summed E-state index contributed by atoms with van der Waals surface area (Å²) >= 11 is 1.56. The molecule has 0 fully saturated rings. The van der Waals surface area contributed by atoms with E-state index in [4.69, 9.17) is 4.74 Å². The van der Waals surface area contributed by atoms with E-state index in [0.717, 1.165) is 22.5 Å². The Bertz CT molecular complexity index is 496. The number of aryl methyl sites for hydroxylation is 1. The third kappa shape index (κ3) is 3.02. The standard InChI is InChI=1S/C10H16N6OS/c1-8-12-14-10(18-8)15(2)6-9-13-11-7-16(9)4-5-17-3/h7H,4-6H2,1-3H3. The van der Waals surface area contributed by atoms with Crippen molar-refractivity contribution in [2.45, 2.75) is 20.0 Å². The molecule has 18 heavy (non-hydrogen) atoms. The quantitative estimate of drug-likeness (QED) is 0.769. The van der Waals surface area contributed by atoms with E-state index < -0.39 is 0 Å². The lowest BCUT2D eigenvalue weighted by Crippen LogP contribution is -2.20. The van der Waals surface area contributed by atoms with E-state index in [-0.39, 0.29) is 0 Å². The van der Waals surface area contributed by atoms with E-state index in [1.807, 2.05) is 23.4 Å². The highest BCUT2D eigenvalue weighted by Gasteiger charge is 2.11. The summed E-state index contributed by atoms with van der Waals surface area (Å²) in [5, 5.41) is 18.0. The van der Waals surface area contributed by atoms with Crippen LogP contribution in [-0.4, -0.2) is 45.7 Å². The first kappa shape index (κ1) is 12.9. The predicted molar refractivity (Wildman–Crippen MR) is 68.7 cm³/mol. The third-order valence-corrected chi connectivity index (χ3v) is 3.41. The van der Waals surface area contributed by atoms with Crippen LogP contribution in [0.2, 0.25) is 0 Å². The number of aromatic nitrogens is 5. The highest BCUT2D eigenvalue weighted by atomic mass is 32.1. The van der Waals surface area contributed by atoms with Crippen LogP contribution in [0.15, 0.2) is 6.33 Å². The molecule has 0 aliphatic carbocycles. The Hall–Kier alpha value is -1.54. The Balaban J connectivity index is 2.02. The van der Waals surface area contributed by atoms with E-state index in [0.29, 0.717) is 13.2 Å². The molecule has 0 spiro atoms. The molecule has 0 aliphatic rings. The first-order chi connectivity index (χ1) is 8.70. The van der Waals surface area contributed by atoms with E-state index in [2.05, 4.69) is 20.4 Å². The van der Waals surface area contributed by atoms with Crippen LogP contribution in [0.3, 0.4) is 0 Å². The summed E-state index contributed by atoms with van der Waals surface area (Å²) in [5.41, 5.74) is 0. The Kier molecular flexibility index (Phi) is 4.21. The van der Waals surface area contributed by atoms with Crippen LogP contribution in [0.4, 0.5) is 5.13 Å². The van der Waals surface area contributed by atoms with Crippen molar-refractivity contribution in [3.05, 3.63) is 17.2 Å². The fraction of sp³-hybridized carbons (Fsp3) is 0.600. The maximum absolute atomic E-state index is 5.05. The van der Waals surface area contributed by atoms with Crippen LogP contribution in [0.1, 0.15) is 10.8 Å². The van der Waals surface area contributed by atoms with Gasteiger partial charge in [-0.05, 0) is 6.92 Å². The highest BCUT2D eigenvalue weighted by Crippen LogP contribution is 2.19. The highest BCUT2D eigenvalue weighted by molar-refractivity contribution is 7.15. The number of methoxy groups -OCH3 is 1. The molecule has 0 saturated heterocycles. The summed E-state index contributed by atoms with van der Waals surface area (Å²) in [5.74, 6) is 0.891. The first-order valence-corrected chi connectivity index (χ1v) is 6.39. The molecule has 2 rings (SSSR count). The maximum atomic E-state index is 5.05. The lowest BCUT2D eigenvalue weighted by Gasteiger charge is -2.14. The fourth-order valence-electron chi connectivity index (χ4n) is 1.50. The van der Waals surface area contributed by atoms with Crippen molar-refractivity contribution in [1.29, 1.82) is 0 Å². The van der Waals surface area contributed by atoms with E-state index >= 15 is 0 Å². The smallest absolute Gasteiger partial charge is 0.208 e. The molecule has 2 aromatic rings. The van der Waals surface area contributed by atoms with Gasteiger partial charge in [0, 0.05) is 20.7 Å². The van der Waals surface area contributed by atoms with Crippen LogP contribution in [-0.2, 0) is 17.8 Å². The Morgan fingerprint density at radius 2 is 2.22 bits per heavy atom. The van der Waals surface area contributed by atoms with E-state index in [1.165, 1.54) is 0 Å². The summed E-state index contributed by atoms with van der Waals surface area (Å²) in [6.45, 7) is 3.99. The minimum atomic E-state index is 0.646. The predicted octanol–water partition coefficient (Wildman–Crippen LogP) is 0.721. The van der Waals surface area contributed by atoms with Gasteiger partial charge in [0.05, 0.1) is 13.2 Å². The monoisotopic (exact) mass is 268 g/mol. The zero-order valence-corrected chi connectivity index (χ0v) is 11.5. The molecule has 2 heterocycles. The topological polar surface area (TPSA) is 69.0 Å². The van der Waals surface area contributed by atoms with Gasteiger partial charge in [0.2, 0.25) is 5.13 Å². The summed E-state index contributed by atoms with van der Waals surface area (Å²) in [6, 6.07) is 0. The Morgan fingerprint density at radius 1 is 1.39 bits per heavy atom. The summed E-state index contributed by atoms with van der Waals surface area (Å²) < 4.78 is 7.03. The van der Waals surface area contributed by atoms with Gasteiger partial charge in [-0.25, -0.2) is 0 Å². The lowest BCUT2D eigenvalue weighted by atomic mass is 10.5. The molecule has 7 nitrogen and oxygen atoms in total. The van der Waals surface area contributed by atoms with Crippen molar-refractivity contribution in [2.24, 2.45) is 0 Å². The number of anilines is 1. The van der Waals surface area contributed by atoms with Gasteiger partial charge in [0.15, 0.2) is 5.82 Å². The molecule has 0 saturated carbocycles. The van der Waals surface area contributed by atoms with Crippen LogP contribution in [0.5, 0.6) is 0 Å². The molecule has 0 unspecified atom stereocenters.